The Labute approximate surface area is 177 Å². The van der Waals surface area contributed by atoms with Gasteiger partial charge in [0.15, 0.2) is 0 Å². The van der Waals surface area contributed by atoms with Crippen LogP contribution < -0.4 is 4.74 Å². The molecule has 2 aromatic carbocycles. The minimum Gasteiger partial charge on any atom is -0.507 e. The van der Waals surface area contributed by atoms with Crippen molar-refractivity contribution in [2.24, 2.45) is 0 Å². The number of rotatable bonds is 5. The molecule has 1 fully saturated rings. The number of aliphatic hydroxyl groups is 1. The standard InChI is InChI=1S/C21H19Cl2NO5/c1-3-8-24-18(11-4-6-15(25)13(22)9-11)17(20(27)21(24)28)19(26)12-5-7-16(29-2)14(23)10-12/h4-7,9-10,18,25-26H,3,8H2,1-2H3/b19-17-. The fraction of sp³-hybridized carbons (Fsp3) is 0.238. The normalized spacial score (nSPS) is 18.3. The molecule has 8 heteroatoms. The minimum atomic E-state index is -0.839. The summed E-state index contributed by atoms with van der Waals surface area (Å²) in [4.78, 5) is 26.8. The van der Waals surface area contributed by atoms with E-state index in [9.17, 15) is 19.8 Å². The van der Waals surface area contributed by atoms with Crippen LogP contribution in [0.2, 0.25) is 10.0 Å². The van der Waals surface area contributed by atoms with Crippen LogP contribution in [-0.2, 0) is 9.59 Å². The molecule has 152 valence electrons. The fourth-order valence-electron chi connectivity index (χ4n) is 3.36. The lowest BCUT2D eigenvalue weighted by Gasteiger charge is -2.25. The number of ketones is 1. The largest absolute Gasteiger partial charge is 0.507 e. The van der Waals surface area contributed by atoms with Crippen molar-refractivity contribution in [1.29, 1.82) is 0 Å². The van der Waals surface area contributed by atoms with Gasteiger partial charge in [0.25, 0.3) is 11.7 Å². The molecule has 0 radical (unpaired) electrons. The van der Waals surface area contributed by atoms with Gasteiger partial charge in [0, 0.05) is 12.1 Å². The van der Waals surface area contributed by atoms with Gasteiger partial charge in [0.05, 0.1) is 28.8 Å². The maximum absolute atomic E-state index is 12.8. The number of halogens is 2. The number of amides is 1. The van der Waals surface area contributed by atoms with Crippen molar-refractivity contribution in [2.75, 3.05) is 13.7 Å². The van der Waals surface area contributed by atoms with E-state index in [1.165, 1.54) is 30.2 Å². The van der Waals surface area contributed by atoms with Crippen LogP contribution in [0.4, 0.5) is 0 Å². The highest BCUT2D eigenvalue weighted by molar-refractivity contribution is 6.46. The number of aliphatic hydroxyl groups excluding tert-OH is 1. The molecule has 0 saturated carbocycles. The van der Waals surface area contributed by atoms with Gasteiger partial charge in [-0.1, -0.05) is 36.2 Å². The molecule has 6 nitrogen and oxygen atoms in total. The third-order valence-electron chi connectivity index (χ3n) is 4.72. The minimum absolute atomic E-state index is 0.0635. The van der Waals surface area contributed by atoms with E-state index >= 15 is 0 Å². The topological polar surface area (TPSA) is 87.1 Å². The highest BCUT2D eigenvalue weighted by Gasteiger charge is 2.45. The van der Waals surface area contributed by atoms with E-state index in [-0.39, 0.29) is 32.7 Å². The van der Waals surface area contributed by atoms with Gasteiger partial charge in [0.1, 0.15) is 17.3 Å². The Hall–Kier alpha value is -2.70. The number of likely N-dealkylation sites (tertiary alicyclic amines) is 1. The molecule has 0 bridgehead atoms. The van der Waals surface area contributed by atoms with Crippen molar-refractivity contribution in [3.05, 3.63) is 63.1 Å². The average molecular weight is 436 g/mol. The van der Waals surface area contributed by atoms with Gasteiger partial charge in [-0.3, -0.25) is 9.59 Å². The van der Waals surface area contributed by atoms with Crippen LogP contribution in [0.15, 0.2) is 42.0 Å². The quantitative estimate of drug-likeness (QED) is 0.408. The van der Waals surface area contributed by atoms with Crippen molar-refractivity contribution in [2.45, 2.75) is 19.4 Å². The first-order chi connectivity index (χ1) is 13.8. The predicted molar refractivity (Wildman–Crippen MR) is 110 cm³/mol. The van der Waals surface area contributed by atoms with Crippen LogP contribution in [0.5, 0.6) is 11.5 Å². The summed E-state index contributed by atoms with van der Waals surface area (Å²) in [5.74, 6) is -1.55. The van der Waals surface area contributed by atoms with Crippen LogP contribution in [0.3, 0.4) is 0 Å². The summed E-state index contributed by atoms with van der Waals surface area (Å²) in [6.07, 6.45) is 0.615. The highest BCUT2D eigenvalue weighted by atomic mass is 35.5. The Balaban J connectivity index is 2.20. The lowest BCUT2D eigenvalue weighted by atomic mass is 9.95. The number of carbonyl (C=O) groups excluding carboxylic acids is 2. The summed E-state index contributed by atoms with van der Waals surface area (Å²) in [5, 5.41) is 21.0. The van der Waals surface area contributed by atoms with Gasteiger partial charge in [-0.25, -0.2) is 0 Å². The zero-order chi connectivity index (χ0) is 21.3. The number of methoxy groups -OCH3 is 1. The molecule has 0 aromatic heterocycles. The van der Waals surface area contributed by atoms with Gasteiger partial charge >= 0.3 is 0 Å². The Kier molecular flexibility index (Phi) is 6.05. The summed E-state index contributed by atoms with van der Waals surface area (Å²) in [6, 6.07) is 8.16. The third kappa shape index (κ3) is 3.78. The molecule has 3 rings (SSSR count). The second-order valence-corrected chi connectivity index (χ2v) is 7.37. The van der Waals surface area contributed by atoms with E-state index in [0.29, 0.717) is 24.3 Å². The molecular formula is C21H19Cl2NO5. The molecule has 1 heterocycles. The van der Waals surface area contributed by atoms with E-state index in [4.69, 9.17) is 27.9 Å². The van der Waals surface area contributed by atoms with Gasteiger partial charge in [0.2, 0.25) is 0 Å². The summed E-state index contributed by atoms with van der Waals surface area (Å²) in [5.41, 5.74) is 0.716. The number of phenols is 1. The predicted octanol–water partition coefficient (Wildman–Crippen LogP) is 4.54. The first kappa shape index (κ1) is 21.0. The Morgan fingerprint density at radius 3 is 2.45 bits per heavy atom. The average Bonchev–Trinajstić information content (AvgIpc) is 2.94. The molecule has 0 spiro atoms. The number of carbonyl (C=O) groups is 2. The zero-order valence-corrected chi connectivity index (χ0v) is 17.3. The zero-order valence-electron chi connectivity index (χ0n) is 15.8. The molecule has 1 aliphatic heterocycles. The number of aromatic hydroxyl groups is 1. The van der Waals surface area contributed by atoms with E-state index in [1.54, 1.807) is 18.2 Å². The van der Waals surface area contributed by atoms with Crippen molar-refractivity contribution in [1.82, 2.24) is 4.90 Å². The lowest BCUT2D eigenvalue weighted by Crippen LogP contribution is -2.30. The number of hydrogen-bond donors (Lipinski definition) is 2. The smallest absolute Gasteiger partial charge is 0.295 e. The number of benzene rings is 2. The second kappa shape index (κ2) is 8.35. The van der Waals surface area contributed by atoms with E-state index < -0.39 is 17.7 Å². The maximum Gasteiger partial charge on any atom is 0.295 e. The molecule has 2 N–H and O–H groups in total. The number of phenolic OH excluding ortho intramolecular Hbond substituents is 1. The molecule has 1 aliphatic rings. The Morgan fingerprint density at radius 1 is 1.14 bits per heavy atom. The highest BCUT2D eigenvalue weighted by Crippen LogP contribution is 2.41. The third-order valence-corrected chi connectivity index (χ3v) is 5.32. The monoisotopic (exact) mass is 435 g/mol. The van der Waals surface area contributed by atoms with Gasteiger partial charge in [-0.15, -0.1) is 0 Å². The first-order valence-electron chi connectivity index (χ1n) is 8.90. The van der Waals surface area contributed by atoms with Crippen LogP contribution >= 0.6 is 23.2 Å². The summed E-state index contributed by atoms with van der Waals surface area (Å²) in [7, 11) is 1.46. The Morgan fingerprint density at radius 2 is 1.86 bits per heavy atom. The van der Waals surface area contributed by atoms with Gasteiger partial charge < -0.3 is 19.8 Å². The maximum atomic E-state index is 12.8. The van der Waals surface area contributed by atoms with Crippen LogP contribution in [0.25, 0.3) is 5.76 Å². The van der Waals surface area contributed by atoms with E-state index in [0.717, 1.165) is 0 Å². The van der Waals surface area contributed by atoms with Crippen LogP contribution in [0.1, 0.15) is 30.5 Å². The molecule has 29 heavy (non-hydrogen) atoms. The molecule has 1 amide bonds. The van der Waals surface area contributed by atoms with Crippen molar-refractivity contribution in [3.8, 4) is 11.5 Å². The molecular weight excluding hydrogens is 417 g/mol. The Bertz CT molecular complexity index is 1020. The molecule has 1 saturated heterocycles. The molecule has 1 atom stereocenters. The van der Waals surface area contributed by atoms with Crippen LogP contribution in [0, 0.1) is 0 Å². The van der Waals surface area contributed by atoms with Crippen LogP contribution in [-0.4, -0.2) is 40.5 Å². The lowest BCUT2D eigenvalue weighted by molar-refractivity contribution is -0.139. The van der Waals surface area contributed by atoms with Crippen molar-refractivity contribution in [3.63, 3.8) is 0 Å². The number of ether oxygens (including phenoxy) is 1. The van der Waals surface area contributed by atoms with E-state index in [1.807, 2.05) is 6.92 Å². The number of hydrogen-bond acceptors (Lipinski definition) is 5. The summed E-state index contributed by atoms with van der Waals surface area (Å²) < 4.78 is 5.11. The molecule has 1 unspecified atom stereocenters. The van der Waals surface area contributed by atoms with Crippen molar-refractivity contribution < 1.29 is 24.5 Å². The first-order valence-corrected chi connectivity index (χ1v) is 9.66. The SMILES string of the molecule is CCCN1C(=O)C(=O)/C(=C(\O)c2ccc(OC)c(Cl)c2)C1c1ccc(O)c(Cl)c1. The molecule has 2 aromatic rings. The van der Waals surface area contributed by atoms with Gasteiger partial charge in [-0.05, 0) is 42.3 Å². The van der Waals surface area contributed by atoms with Crippen molar-refractivity contribution >= 4 is 40.7 Å². The second-order valence-electron chi connectivity index (χ2n) is 6.55. The number of nitrogens with zero attached hydrogens (tertiary/aromatic N) is 1. The molecule has 0 aliphatic carbocycles. The summed E-state index contributed by atoms with van der Waals surface area (Å²) in [6.45, 7) is 2.19. The number of Topliss-reactive ketones (excluding diaryl/α,β-unsaturated/α-hetero) is 1. The van der Waals surface area contributed by atoms with Gasteiger partial charge in [-0.2, -0.15) is 0 Å². The van der Waals surface area contributed by atoms with E-state index in [2.05, 4.69) is 0 Å². The summed E-state index contributed by atoms with van der Waals surface area (Å²) >= 11 is 12.2. The fourth-order valence-corrected chi connectivity index (χ4v) is 3.81.